The van der Waals surface area contributed by atoms with E-state index in [0.29, 0.717) is 19.4 Å². The van der Waals surface area contributed by atoms with Crippen LogP contribution >= 0.6 is 0 Å². The molecule has 1 heterocycles. The van der Waals surface area contributed by atoms with Crippen molar-refractivity contribution < 1.29 is 14.7 Å². The average Bonchev–Trinajstić information content (AvgIpc) is 2.05. The second-order valence-corrected chi connectivity index (χ2v) is 3.10. The van der Waals surface area contributed by atoms with Crippen LogP contribution in [0.4, 0.5) is 0 Å². The van der Waals surface area contributed by atoms with Crippen molar-refractivity contribution in [1.82, 2.24) is 5.32 Å². The topological polar surface area (TPSA) is 66.4 Å². The van der Waals surface area contributed by atoms with Crippen LogP contribution in [0.25, 0.3) is 0 Å². The van der Waals surface area contributed by atoms with Gasteiger partial charge in [-0.05, 0) is 19.3 Å². The van der Waals surface area contributed by atoms with Gasteiger partial charge in [-0.3, -0.25) is 9.59 Å². The molecule has 1 aliphatic heterocycles. The molecule has 0 aromatic heterocycles. The zero-order valence-electron chi connectivity index (χ0n) is 7.09. The van der Waals surface area contributed by atoms with Crippen molar-refractivity contribution in [2.75, 3.05) is 6.54 Å². The Bertz CT molecular complexity index is 214. The fourth-order valence-electron chi connectivity index (χ4n) is 1.57. The lowest BCUT2D eigenvalue weighted by molar-refractivity contribution is -0.158. The van der Waals surface area contributed by atoms with Gasteiger partial charge in [-0.25, -0.2) is 0 Å². The van der Waals surface area contributed by atoms with Gasteiger partial charge in [-0.1, -0.05) is 6.92 Å². The standard InChI is InChI=1S/C8H13NO3/c1-2-8(7(11)12)4-3-5-9-6(8)10/h2-5H2,1H3,(H,9,10)(H,11,12). The SMILES string of the molecule is CCC1(C(=O)O)CCCNC1=O. The van der Waals surface area contributed by atoms with Crippen LogP contribution in [-0.2, 0) is 9.59 Å². The second-order valence-electron chi connectivity index (χ2n) is 3.10. The smallest absolute Gasteiger partial charge is 0.319 e. The first-order valence-corrected chi connectivity index (χ1v) is 4.15. The zero-order valence-corrected chi connectivity index (χ0v) is 7.09. The second kappa shape index (κ2) is 3.13. The number of piperidine rings is 1. The minimum Gasteiger partial charge on any atom is -0.480 e. The molecular weight excluding hydrogens is 158 g/mol. The van der Waals surface area contributed by atoms with E-state index in [1.165, 1.54) is 0 Å². The molecule has 4 nitrogen and oxygen atoms in total. The highest BCUT2D eigenvalue weighted by molar-refractivity contribution is 6.02. The molecule has 1 rings (SSSR count). The number of nitrogens with one attached hydrogen (secondary N) is 1. The van der Waals surface area contributed by atoms with Crippen LogP contribution in [0.5, 0.6) is 0 Å². The molecule has 0 bridgehead atoms. The van der Waals surface area contributed by atoms with Crippen LogP contribution < -0.4 is 5.32 Å². The van der Waals surface area contributed by atoms with Gasteiger partial charge in [0.2, 0.25) is 5.91 Å². The lowest BCUT2D eigenvalue weighted by atomic mass is 9.78. The van der Waals surface area contributed by atoms with E-state index in [0.717, 1.165) is 6.42 Å². The van der Waals surface area contributed by atoms with Crippen LogP contribution in [0.1, 0.15) is 26.2 Å². The Morgan fingerprint density at radius 2 is 2.42 bits per heavy atom. The summed E-state index contributed by atoms with van der Waals surface area (Å²) in [6, 6.07) is 0. The van der Waals surface area contributed by atoms with Crippen LogP contribution in [0.3, 0.4) is 0 Å². The third-order valence-electron chi connectivity index (χ3n) is 2.51. The summed E-state index contributed by atoms with van der Waals surface area (Å²) in [5.41, 5.74) is -1.15. The predicted octanol–water partition coefficient (Wildman–Crippen LogP) is 0.377. The van der Waals surface area contributed by atoms with Crippen molar-refractivity contribution in [3.63, 3.8) is 0 Å². The predicted molar refractivity (Wildman–Crippen MR) is 42.6 cm³/mol. The van der Waals surface area contributed by atoms with Crippen molar-refractivity contribution in [2.45, 2.75) is 26.2 Å². The van der Waals surface area contributed by atoms with E-state index in [-0.39, 0.29) is 5.91 Å². The first-order chi connectivity index (χ1) is 5.63. The van der Waals surface area contributed by atoms with E-state index < -0.39 is 11.4 Å². The van der Waals surface area contributed by atoms with Crippen molar-refractivity contribution in [1.29, 1.82) is 0 Å². The molecule has 2 N–H and O–H groups in total. The summed E-state index contributed by atoms with van der Waals surface area (Å²) in [6.07, 6.45) is 1.59. The zero-order chi connectivity index (χ0) is 9.19. The molecule has 1 atom stereocenters. The molecule has 1 saturated heterocycles. The van der Waals surface area contributed by atoms with Crippen molar-refractivity contribution >= 4 is 11.9 Å². The third-order valence-corrected chi connectivity index (χ3v) is 2.51. The van der Waals surface area contributed by atoms with E-state index in [9.17, 15) is 9.59 Å². The number of carbonyl (C=O) groups excluding carboxylic acids is 1. The van der Waals surface area contributed by atoms with Crippen molar-refractivity contribution in [3.05, 3.63) is 0 Å². The fraction of sp³-hybridized carbons (Fsp3) is 0.750. The molecule has 68 valence electrons. The fourth-order valence-corrected chi connectivity index (χ4v) is 1.57. The number of aliphatic carboxylic acids is 1. The number of hydrogen-bond acceptors (Lipinski definition) is 2. The number of hydrogen-bond donors (Lipinski definition) is 2. The highest BCUT2D eigenvalue weighted by Crippen LogP contribution is 2.31. The summed E-state index contributed by atoms with van der Waals surface area (Å²) in [5.74, 6) is -1.33. The van der Waals surface area contributed by atoms with E-state index >= 15 is 0 Å². The molecule has 0 aliphatic carbocycles. The van der Waals surface area contributed by atoms with Gasteiger partial charge < -0.3 is 10.4 Å². The number of amides is 1. The number of rotatable bonds is 2. The Hall–Kier alpha value is -1.06. The van der Waals surface area contributed by atoms with E-state index in [4.69, 9.17) is 5.11 Å². The van der Waals surface area contributed by atoms with Crippen LogP contribution in [-0.4, -0.2) is 23.5 Å². The molecule has 1 aliphatic rings. The van der Waals surface area contributed by atoms with E-state index in [1.54, 1.807) is 6.92 Å². The van der Waals surface area contributed by atoms with Gasteiger partial charge in [0.05, 0.1) is 0 Å². The van der Waals surface area contributed by atoms with Gasteiger partial charge in [0, 0.05) is 6.54 Å². The van der Waals surface area contributed by atoms with Crippen LogP contribution in [0.2, 0.25) is 0 Å². The number of carboxylic acids is 1. The monoisotopic (exact) mass is 171 g/mol. The van der Waals surface area contributed by atoms with Crippen LogP contribution in [0.15, 0.2) is 0 Å². The van der Waals surface area contributed by atoms with Gasteiger partial charge in [-0.15, -0.1) is 0 Å². The molecule has 0 saturated carbocycles. The first-order valence-electron chi connectivity index (χ1n) is 4.15. The summed E-state index contributed by atoms with van der Waals surface area (Å²) < 4.78 is 0. The maximum Gasteiger partial charge on any atom is 0.319 e. The molecule has 12 heavy (non-hydrogen) atoms. The average molecular weight is 171 g/mol. The molecule has 1 unspecified atom stereocenters. The third kappa shape index (κ3) is 1.17. The Kier molecular flexibility index (Phi) is 2.35. The Balaban J connectivity index is 2.88. The summed E-state index contributed by atoms with van der Waals surface area (Å²) in [4.78, 5) is 22.2. The molecule has 1 fully saturated rings. The summed E-state index contributed by atoms with van der Waals surface area (Å²) in [7, 11) is 0. The Morgan fingerprint density at radius 1 is 1.75 bits per heavy atom. The molecule has 0 spiro atoms. The molecule has 0 aromatic rings. The van der Waals surface area contributed by atoms with Gasteiger partial charge in [0.15, 0.2) is 0 Å². The van der Waals surface area contributed by atoms with Crippen molar-refractivity contribution in [3.8, 4) is 0 Å². The normalized spacial score (nSPS) is 29.6. The van der Waals surface area contributed by atoms with Gasteiger partial charge in [-0.2, -0.15) is 0 Å². The first kappa shape index (κ1) is 9.03. The lowest BCUT2D eigenvalue weighted by Crippen LogP contribution is -2.50. The number of carbonyl (C=O) groups is 2. The Morgan fingerprint density at radius 3 is 2.75 bits per heavy atom. The highest BCUT2D eigenvalue weighted by atomic mass is 16.4. The van der Waals surface area contributed by atoms with E-state index in [2.05, 4.69) is 5.32 Å². The van der Waals surface area contributed by atoms with Crippen LogP contribution in [0, 0.1) is 5.41 Å². The molecule has 0 radical (unpaired) electrons. The summed E-state index contributed by atoms with van der Waals surface area (Å²) >= 11 is 0. The molecule has 0 aromatic carbocycles. The summed E-state index contributed by atoms with van der Waals surface area (Å²) in [6.45, 7) is 2.34. The summed E-state index contributed by atoms with van der Waals surface area (Å²) in [5, 5.41) is 11.5. The lowest BCUT2D eigenvalue weighted by Gasteiger charge is -2.30. The molecule has 4 heteroatoms. The van der Waals surface area contributed by atoms with Gasteiger partial charge in [0.25, 0.3) is 0 Å². The van der Waals surface area contributed by atoms with Crippen molar-refractivity contribution in [2.24, 2.45) is 5.41 Å². The van der Waals surface area contributed by atoms with Gasteiger partial charge in [0.1, 0.15) is 5.41 Å². The highest BCUT2D eigenvalue weighted by Gasteiger charge is 2.45. The largest absolute Gasteiger partial charge is 0.480 e. The molecular formula is C8H13NO3. The Labute approximate surface area is 71.0 Å². The molecule has 1 amide bonds. The minimum atomic E-state index is -1.15. The maximum atomic E-state index is 11.3. The number of carboxylic acid groups (broad SMARTS) is 1. The van der Waals surface area contributed by atoms with Gasteiger partial charge >= 0.3 is 5.97 Å². The quantitative estimate of drug-likeness (QED) is 0.590. The van der Waals surface area contributed by atoms with E-state index in [1.807, 2.05) is 0 Å². The maximum absolute atomic E-state index is 11.3. The minimum absolute atomic E-state index is 0.330.